The van der Waals surface area contributed by atoms with Crippen LogP contribution in [-0.4, -0.2) is 0 Å². The molecule has 0 aliphatic carbocycles. The van der Waals surface area contributed by atoms with Crippen LogP contribution in [0.1, 0.15) is 16.7 Å². The average Bonchev–Trinajstić information content (AvgIpc) is 2.59. The van der Waals surface area contributed by atoms with Gasteiger partial charge in [0.05, 0.1) is 0 Å². The summed E-state index contributed by atoms with van der Waals surface area (Å²) in [6, 6.07) is 22.9. The fraction of sp³-hybridized carbons (Fsp3) is 0.143. The molecule has 0 saturated carbocycles. The van der Waals surface area contributed by atoms with Crippen molar-refractivity contribution in [1.82, 2.24) is 0 Å². The molecule has 0 fully saturated rings. The lowest BCUT2D eigenvalue weighted by atomic mass is 10.2. The van der Waals surface area contributed by atoms with Crippen molar-refractivity contribution < 1.29 is 9.09 Å². The van der Waals surface area contributed by atoms with Crippen molar-refractivity contribution in [1.29, 1.82) is 0 Å². The summed E-state index contributed by atoms with van der Waals surface area (Å²) in [6.45, 7) is 5.90. The minimum atomic E-state index is -3.46. The molecule has 0 aliphatic heterocycles. The monoisotopic (exact) mass is 366 g/mol. The van der Waals surface area contributed by atoms with E-state index in [2.05, 4.69) is 10.2 Å². The smallest absolute Gasteiger partial charge is 0.414 e. The molecule has 5 heteroatoms. The molecule has 134 valence electrons. The van der Waals surface area contributed by atoms with Crippen molar-refractivity contribution in [3.63, 3.8) is 0 Å². The first-order valence-corrected chi connectivity index (χ1v) is 10.1. The Morgan fingerprint density at radius 3 is 1.77 bits per heavy atom. The summed E-state index contributed by atoms with van der Waals surface area (Å²) >= 11 is 0. The zero-order valence-electron chi connectivity index (χ0n) is 15.2. The average molecular weight is 366 g/mol. The van der Waals surface area contributed by atoms with Gasteiger partial charge in [-0.15, -0.1) is 0 Å². The highest BCUT2D eigenvalue weighted by Crippen LogP contribution is 2.48. The lowest BCUT2D eigenvalue weighted by molar-refractivity contribution is 0.492. The quantitative estimate of drug-likeness (QED) is 0.501. The summed E-state index contributed by atoms with van der Waals surface area (Å²) < 4.78 is 19.6. The van der Waals surface area contributed by atoms with E-state index in [-0.39, 0.29) is 0 Å². The Balaban J connectivity index is 1.96. The predicted molar refractivity (Wildman–Crippen MR) is 109 cm³/mol. The third-order valence-corrected chi connectivity index (χ3v) is 5.59. The Morgan fingerprint density at radius 2 is 1.27 bits per heavy atom. The number of nitrogens with one attached hydrogen (secondary N) is 2. The van der Waals surface area contributed by atoms with Crippen LogP contribution in [0.2, 0.25) is 0 Å². The molecule has 0 heterocycles. The molecule has 0 spiro atoms. The topological polar surface area (TPSA) is 50.4 Å². The van der Waals surface area contributed by atoms with E-state index in [0.29, 0.717) is 5.75 Å². The fourth-order valence-electron chi connectivity index (χ4n) is 2.61. The molecule has 26 heavy (non-hydrogen) atoms. The van der Waals surface area contributed by atoms with Gasteiger partial charge in [-0.3, -0.25) is 10.2 Å². The number of hydrogen-bond acceptors (Lipinski definition) is 2. The minimum Gasteiger partial charge on any atom is -0.414 e. The third-order valence-electron chi connectivity index (χ3n) is 4.05. The Bertz CT molecular complexity index is 905. The van der Waals surface area contributed by atoms with Crippen LogP contribution in [0.15, 0.2) is 72.8 Å². The molecule has 2 N–H and O–H groups in total. The van der Waals surface area contributed by atoms with E-state index >= 15 is 0 Å². The lowest BCUT2D eigenvalue weighted by Gasteiger charge is -2.24. The Hall–Kier alpha value is -2.71. The maximum atomic E-state index is 13.7. The second kappa shape index (κ2) is 7.67. The van der Waals surface area contributed by atoms with Gasteiger partial charge in [0.15, 0.2) is 0 Å². The fourth-order valence-corrected chi connectivity index (χ4v) is 4.30. The van der Waals surface area contributed by atoms with Crippen molar-refractivity contribution in [2.75, 3.05) is 10.2 Å². The summed E-state index contributed by atoms with van der Waals surface area (Å²) in [6.07, 6.45) is 0. The summed E-state index contributed by atoms with van der Waals surface area (Å²) in [4.78, 5) is 0. The van der Waals surface area contributed by atoms with E-state index in [9.17, 15) is 4.57 Å². The van der Waals surface area contributed by atoms with Crippen molar-refractivity contribution in [2.45, 2.75) is 20.8 Å². The van der Waals surface area contributed by atoms with Gasteiger partial charge in [-0.25, -0.2) is 4.57 Å². The first kappa shape index (κ1) is 18.1. The Morgan fingerprint density at radius 1 is 0.731 bits per heavy atom. The number of anilines is 2. The van der Waals surface area contributed by atoms with Gasteiger partial charge in [-0.05, 0) is 61.7 Å². The van der Waals surface area contributed by atoms with Gasteiger partial charge in [0.1, 0.15) is 5.75 Å². The molecule has 0 amide bonds. The molecule has 0 radical (unpaired) electrons. The number of benzene rings is 3. The van der Waals surface area contributed by atoms with Crippen LogP contribution in [0, 0.1) is 20.8 Å². The molecule has 0 unspecified atom stereocenters. The van der Waals surface area contributed by atoms with Gasteiger partial charge in [0, 0.05) is 11.4 Å². The zero-order valence-corrected chi connectivity index (χ0v) is 16.1. The number of aryl methyl sites for hydroxylation is 3. The molecule has 0 saturated heterocycles. The van der Waals surface area contributed by atoms with Gasteiger partial charge < -0.3 is 4.52 Å². The van der Waals surface area contributed by atoms with E-state index in [1.807, 2.05) is 87.5 Å². The molecule has 3 aromatic rings. The molecule has 4 nitrogen and oxygen atoms in total. The maximum absolute atomic E-state index is 13.7. The summed E-state index contributed by atoms with van der Waals surface area (Å²) in [5.41, 5.74) is 4.56. The summed E-state index contributed by atoms with van der Waals surface area (Å²) in [5, 5.41) is 6.18. The van der Waals surface area contributed by atoms with Crippen LogP contribution < -0.4 is 14.7 Å². The molecule has 3 aromatic carbocycles. The largest absolute Gasteiger partial charge is 0.444 e. The number of rotatable bonds is 6. The Kier molecular flexibility index (Phi) is 5.34. The zero-order chi connectivity index (χ0) is 18.6. The van der Waals surface area contributed by atoms with Crippen LogP contribution in [-0.2, 0) is 4.57 Å². The number of hydrogen-bond donors (Lipinski definition) is 2. The van der Waals surface area contributed by atoms with E-state index < -0.39 is 7.67 Å². The molecule has 0 atom stereocenters. The van der Waals surface area contributed by atoms with Gasteiger partial charge in [-0.2, -0.15) is 0 Å². The van der Waals surface area contributed by atoms with E-state index in [4.69, 9.17) is 4.52 Å². The van der Waals surface area contributed by atoms with Crippen LogP contribution in [0.25, 0.3) is 0 Å². The maximum Gasteiger partial charge on any atom is 0.444 e. The summed E-state index contributed by atoms with van der Waals surface area (Å²) in [5.74, 6) is 0.551. The van der Waals surface area contributed by atoms with Gasteiger partial charge in [0.2, 0.25) is 0 Å². The van der Waals surface area contributed by atoms with E-state index in [1.165, 1.54) is 0 Å². The SMILES string of the molecule is Cc1cccc(OP(=O)(Nc2ccccc2C)Nc2ccccc2C)c1. The first-order chi connectivity index (χ1) is 12.5. The molecule has 3 rings (SSSR count). The lowest BCUT2D eigenvalue weighted by Crippen LogP contribution is -2.13. The molecular formula is C21H23N2O2P. The Labute approximate surface area is 154 Å². The van der Waals surface area contributed by atoms with Gasteiger partial charge in [-0.1, -0.05) is 48.5 Å². The molecule has 0 bridgehead atoms. The van der Waals surface area contributed by atoms with Crippen LogP contribution in [0.5, 0.6) is 5.75 Å². The van der Waals surface area contributed by atoms with Crippen LogP contribution in [0.4, 0.5) is 11.4 Å². The third kappa shape index (κ3) is 4.47. The second-order valence-corrected chi connectivity index (χ2v) is 8.05. The molecule has 0 aliphatic rings. The van der Waals surface area contributed by atoms with E-state index in [1.54, 1.807) is 6.07 Å². The second-order valence-electron chi connectivity index (χ2n) is 6.31. The molecule has 0 aromatic heterocycles. The van der Waals surface area contributed by atoms with E-state index in [0.717, 1.165) is 28.1 Å². The highest BCUT2D eigenvalue weighted by atomic mass is 31.2. The van der Waals surface area contributed by atoms with Crippen molar-refractivity contribution >= 4 is 19.0 Å². The van der Waals surface area contributed by atoms with Gasteiger partial charge in [0.25, 0.3) is 0 Å². The van der Waals surface area contributed by atoms with Crippen molar-refractivity contribution in [3.8, 4) is 5.75 Å². The van der Waals surface area contributed by atoms with Crippen molar-refractivity contribution in [3.05, 3.63) is 89.5 Å². The van der Waals surface area contributed by atoms with Gasteiger partial charge >= 0.3 is 7.67 Å². The van der Waals surface area contributed by atoms with Crippen molar-refractivity contribution in [2.24, 2.45) is 0 Å². The summed E-state index contributed by atoms with van der Waals surface area (Å²) in [7, 11) is -3.46. The normalized spacial score (nSPS) is 11.0. The van der Waals surface area contributed by atoms with Crippen LogP contribution >= 0.6 is 7.67 Å². The number of para-hydroxylation sites is 2. The first-order valence-electron chi connectivity index (χ1n) is 8.49. The molecular weight excluding hydrogens is 343 g/mol. The standard InChI is InChI=1S/C21H23N2O2P/c1-16-9-8-12-19(15-16)25-26(24,22-20-13-6-4-10-17(20)2)23-21-14-7-5-11-18(21)3/h4-15H,1-3H3,(H2,22,23,24). The highest BCUT2D eigenvalue weighted by Gasteiger charge is 2.26. The minimum absolute atomic E-state index is 0.551. The highest BCUT2D eigenvalue weighted by molar-refractivity contribution is 7.62. The predicted octanol–water partition coefficient (Wildman–Crippen LogP) is 6.32. The van der Waals surface area contributed by atoms with Crippen LogP contribution in [0.3, 0.4) is 0 Å².